The highest BCUT2D eigenvalue weighted by Gasteiger charge is 2.30. The smallest absolute Gasteiger partial charge is 0.417 e. The third-order valence-electron chi connectivity index (χ3n) is 5.72. The van der Waals surface area contributed by atoms with E-state index < -0.39 is 11.7 Å². The average molecular weight is 467 g/mol. The molecule has 0 saturated carbocycles. The monoisotopic (exact) mass is 466 g/mol. The third-order valence-corrected chi connectivity index (χ3v) is 5.72. The molecule has 0 saturated heterocycles. The summed E-state index contributed by atoms with van der Waals surface area (Å²) in [7, 11) is 0. The summed E-state index contributed by atoms with van der Waals surface area (Å²) in [5, 5.41) is 0.999. The Balaban J connectivity index is 1.68. The molecule has 4 aromatic rings. The number of rotatable bonds is 8. The van der Waals surface area contributed by atoms with Crippen LogP contribution in [0, 0.1) is 0 Å². The molecule has 0 unspecified atom stereocenters. The Bertz CT molecular complexity index is 1260. The van der Waals surface area contributed by atoms with Crippen LogP contribution in [0.3, 0.4) is 0 Å². The Hall–Kier alpha value is -3.61. The van der Waals surface area contributed by atoms with E-state index in [1.54, 1.807) is 6.92 Å². The number of halogens is 3. The van der Waals surface area contributed by atoms with Crippen molar-refractivity contribution in [2.24, 2.45) is 0 Å². The van der Waals surface area contributed by atoms with E-state index in [0.717, 1.165) is 47.1 Å². The van der Waals surface area contributed by atoms with Crippen molar-refractivity contribution in [1.29, 1.82) is 0 Å². The molecule has 176 valence electrons. The van der Waals surface area contributed by atoms with Gasteiger partial charge < -0.3 is 9.30 Å². The van der Waals surface area contributed by atoms with Gasteiger partial charge in [0.1, 0.15) is 5.82 Å². The van der Waals surface area contributed by atoms with E-state index in [-0.39, 0.29) is 5.97 Å². The van der Waals surface area contributed by atoms with Crippen LogP contribution in [0.4, 0.5) is 13.2 Å². The molecule has 0 spiro atoms. The van der Waals surface area contributed by atoms with Gasteiger partial charge in [-0.3, -0.25) is 4.79 Å². The first-order chi connectivity index (χ1) is 16.3. The highest BCUT2D eigenvalue weighted by Crippen LogP contribution is 2.31. The second-order valence-corrected chi connectivity index (χ2v) is 8.07. The number of esters is 1. The number of hydrogen-bond donors (Lipinski definition) is 0. The quantitative estimate of drug-likeness (QED) is 0.285. The lowest BCUT2D eigenvalue weighted by Crippen LogP contribution is -2.06. The number of carbonyl (C=O) groups is 1. The van der Waals surface area contributed by atoms with E-state index in [2.05, 4.69) is 23.2 Å². The summed E-state index contributed by atoms with van der Waals surface area (Å²) in [6.07, 6.45) is 0.801. The third kappa shape index (κ3) is 5.47. The number of pyridine rings is 1. The fraction of sp³-hybridized carbons (Fsp3) is 0.259. The van der Waals surface area contributed by atoms with E-state index >= 15 is 0 Å². The Morgan fingerprint density at radius 1 is 0.971 bits per heavy atom. The van der Waals surface area contributed by atoms with E-state index in [1.165, 1.54) is 11.6 Å². The fourth-order valence-electron chi connectivity index (χ4n) is 3.99. The van der Waals surface area contributed by atoms with Crippen molar-refractivity contribution in [3.8, 4) is 5.82 Å². The number of alkyl halides is 3. The molecule has 0 amide bonds. The van der Waals surface area contributed by atoms with Crippen LogP contribution in [0.15, 0.2) is 73.1 Å². The first kappa shape index (κ1) is 23.5. The van der Waals surface area contributed by atoms with Crippen molar-refractivity contribution in [3.05, 3.63) is 95.3 Å². The van der Waals surface area contributed by atoms with Gasteiger partial charge in [0.25, 0.3) is 0 Å². The summed E-state index contributed by atoms with van der Waals surface area (Å²) < 4.78 is 45.8. The van der Waals surface area contributed by atoms with Crippen molar-refractivity contribution in [3.63, 3.8) is 0 Å². The van der Waals surface area contributed by atoms with Gasteiger partial charge in [-0.1, -0.05) is 36.4 Å². The minimum absolute atomic E-state index is 0.238. The van der Waals surface area contributed by atoms with Gasteiger partial charge in [0.05, 0.1) is 17.7 Å². The Labute approximate surface area is 196 Å². The van der Waals surface area contributed by atoms with Crippen LogP contribution < -0.4 is 0 Å². The standard InChI is InChI=1S/C27H25F3N2O2/c1-2-34-26(33)15-10-20-9-13-24-23(16-20)21(11-8-19-6-4-3-5-7-19)18-32(24)25-14-12-22(17-31-25)27(28,29)30/h3-7,9,12-14,16-18H,2,8,10-11,15H2,1H3. The number of fused-ring (bicyclic) bond motifs is 1. The zero-order valence-corrected chi connectivity index (χ0v) is 18.8. The predicted molar refractivity (Wildman–Crippen MR) is 125 cm³/mol. The highest BCUT2D eigenvalue weighted by molar-refractivity contribution is 5.86. The summed E-state index contributed by atoms with van der Waals surface area (Å²) >= 11 is 0. The summed E-state index contributed by atoms with van der Waals surface area (Å²) in [6.45, 7) is 2.13. The molecule has 0 aliphatic heterocycles. The van der Waals surface area contributed by atoms with Crippen molar-refractivity contribution in [2.45, 2.75) is 38.8 Å². The molecule has 34 heavy (non-hydrogen) atoms. The second-order valence-electron chi connectivity index (χ2n) is 8.07. The molecular formula is C27H25F3N2O2. The lowest BCUT2D eigenvalue weighted by molar-refractivity contribution is -0.143. The molecule has 2 aromatic heterocycles. The van der Waals surface area contributed by atoms with Crippen LogP contribution in [0.1, 0.15) is 35.6 Å². The van der Waals surface area contributed by atoms with E-state index in [9.17, 15) is 18.0 Å². The molecule has 0 N–H and O–H groups in total. The number of ether oxygens (including phenoxy) is 1. The van der Waals surface area contributed by atoms with Crippen molar-refractivity contribution < 1.29 is 22.7 Å². The van der Waals surface area contributed by atoms with Crippen molar-refractivity contribution in [1.82, 2.24) is 9.55 Å². The molecule has 7 heteroatoms. The van der Waals surface area contributed by atoms with Crippen LogP contribution in [-0.2, 0) is 35.0 Å². The molecule has 0 fully saturated rings. The van der Waals surface area contributed by atoms with Gasteiger partial charge in [-0.2, -0.15) is 13.2 Å². The number of hydrogen-bond acceptors (Lipinski definition) is 3. The Morgan fingerprint density at radius 2 is 1.76 bits per heavy atom. The molecule has 0 aliphatic rings. The first-order valence-electron chi connectivity index (χ1n) is 11.2. The number of carbonyl (C=O) groups excluding carboxylic acids is 1. The van der Waals surface area contributed by atoms with Gasteiger partial charge in [0, 0.05) is 24.2 Å². The first-order valence-corrected chi connectivity index (χ1v) is 11.2. The molecule has 0 aliphatic carbocycles. The largest absolute Gasteiger partial charge is 0.466 e. The number of nitrogens with zero attached hydrogens (tertiary/aromatic N) is 2. The molecule has 0 radical (unpaired) electrons. The minimum atomic E-state index is -4.43. The lowest BCUT2D eigenvalue weighted by atomic mass is 10.0. The van der Waals surface area contributed by atoms with Crippen LogP contribution >= 0.6 is 0 Å². The van der Waals surface area contributed by atoms with Crippen molar-refractivity contribution in [2.75, 3.05) is 6.61 Å². The second kappa shape index (κ2) is 10.1. The summed E-state index contributed by atoms with van der Waals surface area (Å²) in [4.78, 5) is 15.9. The van der Waals surface area contributed by atoms with Crippen LogP contribution in [0.2, 0.25) is 0 Å². The molecule has 0 bridgehead atoms. The molecular weight excluding hydrogens is 441 g/mol. The number of benzene rings is 2. The molecule has 4 nitrogen and oxygen atoms in total. The van der Waals surface area contributed by atoms with E-state index in [0.29, 0.717) is 25.3 Å². The van der Waals surface area contributed by atoms with Gasteiger partial charge in [-0.15, -0.1) is 0 Å². The van der Waals surface area contributed by atoms with Gasteiger partial charge in [0.15, 0.2) is 0 Å². The average Bonchev–Trinajstić information content (AvgIpc) is 3.20. The maximum absolute atomic E-state index is 13.0. The van der Waals surface area contributed by atoms with Gasteiger partial charge in [-0.25, -0.2) is 4.98 Å². The Morgan fingerprint density at radius 3 is 2.44 bits per heavy atom. The van der Waals surface area contributed by atoms with Crippen LogP contribution in [0.25, 0.3) is 16.7 Å². The normalized spacial score (nSPS) is 11.6. The molecule has 2 heterocycles. The van der Waals surface area contributed by atoms with Crippen LogP contribution in [-0.4, -0.2) is 22.1 Å². The maximum Gasteiger partial charge on any atom is 0.417 e. The number of aryl methyl sites for hydroxylation is 3. The van der Waals surface area contributed by atoms with Gasteiger partial charge in [0.2, 0.25) is 0 Å². The zero-order chi connectivity index (χ0) is 24.1. The molecule has 2 aromatic carbocycles. The summed E-state index contributed by atoms with van der Waals surface area (Å²) in [5.74, 6) is 0.182. The van der Waals surface area contributed by atoms with Crippen LogP contribution in [0.5, 0.6) is 0 Å². The van der Waals surface area contributed by atoms with E-state index in [4.69, 9.17) is 4.74 Å². The lowest BCUT2D eigenvalue weighted by Gasteiger charge is -2.09. The SMILES string of the molecule is CCOC(=O)CCc1ccc2c(c1)c(CCc1ccccc1)cn2-c1ccc(C(F)(F)F)cn1. The number of aromatic nitrogens is 2. The van der Waals surface area contributed by atoms with Gasteiger partial charge in [-0.05, 0) is 67.1 Å². The summed E-state index contributed by atoms with van der Waals surface area (Å²) in [5.41, 5.74) is 3.35. The zero-order valence-electron chi connectivity index (χ0n) is 18.8. The summed E-state index contributed by atoms with van der Waals surface area (Å²) in [6, 6.07) is 18.5. The highest BCUT2D eigenvalue weighted by atomic mass is 19.4. The predicted octanol–water partition coefficient (Wildman–Crippen LogP) is 6.33. The minimum Gasteiger partial charge on any atom is -0.466 e. The maximum atomic E-state index is 13.0. The van der Waals surface area contributed by atoms with Crippen molar-refractivity contribution >= 4 is 16.9 Å². The van der Waals surface area contributed by atoms with E-state index in [1.807, 2.05) is 41.1 Å². The topological polar surface area (TPSA) is 44.1 Å². The Kier molecular flexibility index (Phi) is 7.01. The molecule has 0 atom stereocenters. The van der Waals surface area contributed by atoms with Gasteiger partial charge >= 0.3 is 12.1 Å². The molecule has 4 rings (SSSR count). The fourth-order valence-corrected chi connectivity index (χ4v) is 3.99.